The van der Waals surface area contributed by atoms with Crippen molar-refractivity contribution in [1.82, 2.24) is 28.2 Å². The van der Waals surface area contributed by atoms with Gasteiger partial charge in [-0.2, -0.15) is 8.78 Å². The molecule has 0 aliphatic carbocycles. The van der Waals surface area contributed by atoms with Gasteiger partial charge in [0.15, 0.2) is 23.1 Å². The second-order valence-corrected chi connectivity index (χ2v) is 6.99. The molecule has 0 saturated carbocycles. The van der Waals surface area contributed by atoms with Crippen LogP contribution in [-0.4, -0.2) is 34.2 Å². The Morgan fingerprint density at radius 2 is 1.87 bits per heavy atom. The fraction of sp³-hybridized carbons (Fsp3) is 0.316. The minimum Gasteiger partial charge on any atom is -0.453 e. The van der Waals surface area contributed by atoms with E-state index >= 15 is 0 Å². The summed E-state index contributed by atoms with van der Waals surface area (Å²) in [5.41, 5.74) is -0.422. The first kappa shape index (κ1) is 20.4. The topological polar surface area (TPSA) is 106 Å². The van der Waals surface area contributed by atoms with E-state index in [1.807, 2.05) is 0 Å². The van der Waals surface area contributed by atoms with Gasteiger partial charge in [-0.15, -0.1) is 0 Å². The molecule has 31 heavy (non-hydrogen) atoms. The van der Waals surface area contributed by atoms with E-state index < -0.39 is 36.4 Å². The first-order chi connectivity index (χ1) is 14.7. The lowest BCUT2D eigenvalue weighted by Gasteiger charge is -2.15. The van der Waals surface area contributed by atoms with Crippen LogP contribution in [0.2, 0.25) is 0 Å². The van der Waals surface area contributed by atoms with Crippen LogP contribution in [-0.2, 0) is 30.2 Å². The van der Waals surface area contributed by atoms with Gasteiger partial charge in [-0.1, -0.05) is 12.1 Å². The Morgan fingerprint density at radius 3 is 2.58 bits per heavy atom. The highest BCUT2D eigenvalue weighted by molar-refractivity contribution is 5.77. The number of esters is 1. The van der Waals surface area contributed by atoms with Gasteiger partial charge < -0.3 is 9.30 Å². The molecule has 10 nitrogen and oxygen atoms in total. The zero-order valence-corrected chi connectivity index (χ0v) is 16.8. The zero-order chi connectivity index (χ0) is 22.4. The van der Waals surface area contributed by atoms with E-state index in [1.165, 1.54) is 42.5 Å². The molecule has 0 amide bonds. The Labute approximate surface area is 172 Å². The molecule has 0 fully saturated rings. The fourth-order valence-electron chi connectivity index (χ4n) is 3.50. The third kappa shape index (κ3) is 3.29. The number of nitrogens with zero attached hydrogens (tertiary/aromatic N) is 6. The molecular weight excluding hydrogens is 414 g/mol. The first-order valence-electron chi connectivity index (χ1n) is 9.26. The summed E-state index contributed by atoms with van der Waals surface area (Å²) in [6, 6.07) is 6.37. The van der Waals surface area contributed by atoms with Crippen molar-refractivity contribution in [1.29, 1.82) is 0 Å². The molecule has 3 heterocycles. The summed E-state index contributed by atoms with van der Waals surface area (Å²) in [6.45, 7) is -1.83. The Morgan fingerprint density at radius 1 is 1.16 bits per heavy atom. The highest BCUT2D eigenvalue weighted by Crippen LogP contribution is 2.28. The Bertz CT molecular complexity index is 1430. The van der Waals surface area contributed by atoms with Crippen LogP contribution >= 0.6 is 0 Å². The molecule has 1 atom stereocenters. The number of carbonyl (C=O) groups is 1. The van der Waals surface area contributed by atoms with Crippen molar-refractivity contribution in [2.75, 3.05) is 0 Å². The SMILES string of the molecule is CC(OC(=O)Cn1cnc2c1c(=O)n(C)c(=O)n2C)c1nc2ccccc2n1C(F)F. The summed E-state index contributed by atoms with van der Waals surface area (Å²) in [4.78, 5) is 45.2. The molecule has 0 bridgehead atoms. The normalized spacial score (nSPS) is 12.7. The molecular formula is C19H18F2N6O4. The number of ether oxygens (including phenoxy) is 1. The second kappa shape index (κ2) is 7.45. The smallest absolute Gasteiger partial charge is 0.332 e. The maximum Gasteiger partial charge on any atom is 0.332 e. The largest absolute Gasteiger partial charge is 0.453 e. The molecule has 0 radical (unpaired) electrons. The first-order valence-corrected chi connectivity index (χ1v) is 9.26. The third-order valence-electron chi connectivity index (χ3n) is 5.01. The highest BCUT2D eigenvalue weighted by Gasteiger charge is 2.25. The van der Waals surface area contributed by atoms with Crippen molar-refractivity contribution in [3.8, 4) is 0 Å². The van der Waals surface area contributed by atoms with E-state index in [4.69, 9.17) is 4.74 Å². The summed E-state index contributed by atoms with van der Waals surface area (Å²) in [6.07, 6.45) is 0.169. The highest BCUT2D eigenvalue weighted by atomic mass is 19.3. The van der Waals surface area contributed by atoms with Crippen LogP contribution in [0.1, 0.15) is 25.4 Å². The van der Waals surface area contributed by atoms with Crippen molar-refractivity contribution >= 4 is 28.2 Å². The van der Waals surface area contributed by atoms with E-state index in [0.717, 1.165) is 4.57 Å². The second-order valence-electron chi connectivity index (χ2n) is 6.99. The maximum atomic E-state index is 13.6. The summed E-state index contributed by atoms with van der Waals surface area (Å²) in [7, 11) is 2.77. The average molecular weight is 432 g/mol. The molecule has 0 aliphatic rings. The summed E-state index contributed by atoms with van der Waals surface area (Å²) in [5, 5.41) is 0. The Kier molecular flexibility index (Phi) is 4.91. The standard InChI is InChI=1S/C19H18F2N6O4/c1-10(15-23-11-6-4-5-7-12(11)27(15)18(20)21)31-13(28)8-26-9-22-16-14(26)17(29)25(3)19(30)24(16)2/h4-7,9-10,18H,8H2,1-3H3. The third-order valence-corrected chi connectivity index (χ3v) is 5.01. The monoisotopic (exact) mass is 432 g/mol. The van der Waals surface area contributed by atoms with Gasteiger partial charge in [0, 0.05) is 14.1 Å². The van der Waals surface area contributed by atoms with Gasteiger partial charge in [0.05, 0.1) is 17.4 Å². The summed E-state index contributed by atoms with van der Waals surface area (Å²) < 4.78 is 36.6. The van der Waals surface area contributed by atoms with Gasteiger partial charge in [0.2, 0.25) is 0 Å². The van der Waals surface area contributed by atoms with Crippen LogP contribution in [0.5, 0.6) is 0 Å². The van der Waals surface area contributed by atoms with E-state index in [0.29, 0.717) is 10.1 Å². The summed E-state index contributed by atoms with van der Waals surface area (Å²) >= 11 is 0. The molecule has 1 aromatic carbocycles. The van der Waals surface area contributed by atoms with E-state index in [9.17, 15) is 23.2 Å². The van der Waals surface area contributed by atoms with Gasteiger partial charge in [-0.05, 0) is 19.1 Å². The van der Waals surface area contributed by atoms with Crippen LogP contribution in [0.25, 0.3) is 22.2 Å². The molecule has 3 aromatic heterocycles. The van der Waals surface area contributed by atoms with Gasteiger partial charge >= 0.3 is 18.2 Å². The Balaban J connectivity index is 1.63. The van der Waals surface area contributed by atoms with Crippen LogP contribution in [0.15, 0.2) is 40.2 Å². The lowest BCUT2D eigenvalue weighted by Crippen LogP contribution is -2.37. The number of alkyl halides is 2. The van der Waals surface area contributed by atoms with Crippen LogP contribution in [0.4, 0.5) is 8.78 Å². The molecule has 0 N–H and O–H groups in total. The number of halogens is 2. The summed E-state index contributed by atoms with van der Waals surface area (Å²) in [5.74, 6) is -0.881. The molecule has 1 unspecified atom stereocenters. The van der Waals surface area contributed by atoms with Crippen LogP contribution in [0.3, 0.4) is 0 Å². The zero-order valence-electron chi connectivity index (χ0n) is 16.8. The molecule has 4 aromatic rings. The molecule has 4 rings (SSSR count). The number of benzene rings is 1. The maximum absolute atomic E-state index is 13.6. The predicted octanol–water partition coefficient (Wildman–Crippen LogP) is 1.48. The number of aromatic nitrogens is 6. The number of aryl methyl sites for hydroxylation is 1. The van der Waals surface area contributed by atoms with Gasteiger partial charge in [0.1, 0.15) is 6.54 Å². The van der Waals surface area contributed by atoms with Gasteiger partial charge in [-0.3, -0.25) is 23.3 Å². The molecule has 0 aliphatic heterocycles. The number of carbonyl (C=O) groups excluding carboxylic acids is 1. The number of fused-ring (bicyclic) bond motifs is 2. The van der Waals surface area contributed by atoms with E-state index in [1.54, 1.807) is 18.2 Å². The van der Waals surface area contributed by atoms with E-state index in [-0.39, 0.29) is 22.5 Å². The number of para-hydroxylation sites is 2. The molecule has 0 spiro atoms. The number of rotatable bonds is 5. The van der Waals surface area contributed by atoms with Crippen molar-refractivity contribution < 1.29 is 18.3 Å². The van der Waals surface area contributed by atoms with Crippen LogP contribution in [0, 0.1) is 0 Å². The predicted molar refractivity (Wildman–Crippen MR) is 106 cm³/mol. The van der Waals surface area contributed by atoms with Crippen molar-refractivity contribution in [2.24, 2.45) is 14.1 Å². The van der Waals surface area contributed by atoms with E-state index in [2.05, 4.69) is 9.97 Å². The van der Waals surface area contributed by atoms with Crippen molar-refractivity contribution in [3.63, 3.8) is 0 Å². The number of hydrogen-bond donors (Lipinski definition) is 0. The lowest BCUT2D eigenvalue weighted by atomic mass is 10.3. The average Bonchev–Trinajstić information content (AvgIpc) is 3.32. The fourth-order valence-corrected chi connectivity index (χ4v) is 3.50. The van der Waals surface area contributed by atoms with Crippen molar-refractivity contribution in [3.05, 3.63) is 57.3 Å². The lowest BCUT2D eigenvalue weighted by molar-refractivity contribution is -0.150. The van der Waals surface area contributed by atoms with Gasteiger partial charge in [-0.25, -0.2) is 14.8 Å². The Hall–Kier alpha value is -3.83. The van der Waals surface area contributed by atoms with Crippen LogP contribution < -0.4 is 11.2 Å². The molecule has 162 valence electrons. The minimum absolute atomic E-state index is 0.0500. The quantitative estimate of drug-likeness (QED) is 0.443. The number of hydrogen-bond acceptors (Lipinski definition) is 6. The molecule has 0 saturated heterocycles. The van der Waals surface area contributed by atoms with Crippen molar-refractivity contribution in [2.45, 2.75) is 26.1 Å². The van der Waals surface area contributed by atoms with Gasteiger partial charge in [0.25, 0.3) is 5.56 Å². The number of imidazole rings is 2. The minimum atomic E-state index is -2.87. The molecule has 12 heteroatoms.